The highest BCUT2D eigenvalue weighted by Crippen LogP contribution is 2.06. The van der Waals surface area contributed by atoms with E-state index in [1.807, 2.05) is 0 Å². The molecule has 4 heteroatoms. The number of aromatic nitrogens is 2. The molecule has 1 aromatic carbocycles. The summed E-state index contributed by atoms with van der Waals surface area (Å²) in [5.74, 6) is 0.246. The van der Waals surface area contributed by atoms with E-state index in [0.29, 0.717) is 5.82 Å². The first-order chi connectivity index (χ1) is 6.84. The van der Waals surface area contributed by atoms with Crippen molar-refractivity contribution in [3.05, 3.63) is 47.9 Å². The first-order valence-corrected chi connectivity index (χ1v) is 4.04. The summed E-state index contributed by atoms with van der Waals surface area (Å²) in [4.78, 5) is 3.81. The molecule has 0 atom stereocenters. The molecule has 1 aromatic heterocycles. The molecule has 2 rings (SSSR count). The molecule has 0 N–H and O–H groups in total. The van der Waals surface area contributed by atoms with Crippen LogP contribution in [0, 0.1) is 5.82 Å². The van der Waals surface area contributed by atoms with Gasteiger partial charge in [0.2, 0.25) is 6.39 Å². The summed E-state index contributed by atoms with van der Waals surface area (Å²) < 4.78 is 17.1. The van der Waals surface area contributed by atoms with Gasteiger partial charge in [0, 0.05) is 0 Å². The van der Waals surface area contributed by atoms with Crippen molar-refractivity contribution in [2.75, 3.05) is 0 Å². The maximum atomic E-state index is 12.5. The van der Waals surface area contributed by atoms with Gasteiger partial charge in [-0.15, -0.1) is 0 Å². The van der Waals surface area contributed by atoms with Crippen LogP contribution in [0.25, 0.3) is 12.2 Å². The normalized spacial score (nSPS) is 10.9. The molecule has 0 spiro atoms. The van der Waals surface area contributed by atoms with Crippen LogP contribution in [0.4, 0.5) is 4.39 Å². The summed E-state index contributed by atoms with van der Waals surface area (Å²) >= 11 is 0. The highest BCUT2D eigenvalue weighted by molar-refractivity contribution is 5.66. The molecular weight excluding hydrogens is 183 g/mol. The molecule has 0 aliphatic heterocycles. The van der Waals surface area contributed by atoms with Crippen LogP contribution in [-0.4, -0.2) is 10.1 Å². The number of hydrogen-bond acceptors (Lipinski definition) is 3. The van der Waals surface area contributed by atoms with Crippen molar-refractivity contribution in [3.63, 3.8) is 0 Å². The van der Waals surface area contributed by atoms with E-state index in [4.69, 9.17) is 0 Å². The van der Waals surface area contributed by atoms with Gasteiger partial charge in [-0.05, 0) is 23.8 Å². The van der Waals surface area contributed by atoms with E-state index in [-0.39, 0.29) is 5.82 Å². The summed E-state index contributed by atoms with van der Waals surface area (Å²) in [6.07, 6.45) is 4.73. The Balaban J connectivity index is 2.15. The molecule has 0 amide bonds. The van der Waals surface area contributed by atoms with Crippen LogP contribution in [-0.2, 0) is 0 Å². The second-order valence-electron chi connectivity index (χ2n) is 2.67. The minimum atomic E-state index is -0.248. The molecule has 0 fully saturated rings. The van der Waals surface area contributed by atoms with Gasteiger partial charge in [0.1, 0.15) is 5.82 Å². The van der Waals surface area contributed by atoms with E-state index >= 15 is 0 Å². The standard InChI is InChI=1S/C10H7FN2O/c11-9-4-1-8(2-5-9)3-6-10-12-7-14-13-10/h1-7H. The highest BCUT2D eigenvalue weighted by atomic mass is 19.1. The van der Waals surface area contributed by atoms with Gasteiger partial charge in [-0.25, -0.2) is 4.39 Å². The Labute approximate surface area is 79.9 Å². The first-order valence-electron chi connectivity index (χ1n) is 4.04. The molecule has 3 nitrogen and oxygen atoms in total. The van der Waals surface area contributed by atoms with Gasteiger partial charge in [-0.3, -0.25) is 0 Å². The Morgan fingerprint density at radius 3 is 2.57 bits per heavy atom. The fraction of sp³-hybridized carbons (Fsp3) is 0. The highest BCUT2D eigenvalue weighted by Gasteiger charge is 1.92. The molecule has 70 valence electrons. The van der Waals surface area contributed by atoms with Gasteiger partial charge in [-0.2, -0.15) is 4.98 Å². The van der Waals surface area contributed by atoms with Crippen LogP contribution in [0.2, 0.25) is 0 Å². The predicted molar refractivity (Wildman–Crippen MR) is 49.6 cm³/mol. The lowest BCUT2D eigenvalue weighted by molar-refractivity contribution is 0.415. The second-order valence-corrected chi connectivity index (χ2v) is 2.67. The maximum Gasteiger partial charge on any atom is 0.214 e. The lowest BCUT2D eigenvalue weighted by Crippen LogP contribution is -1.76. The van der Waals surface area contributed by atoms with Crippen molar-refractivity contribution >= 4 is 12.2 Å². The quantitative estimate of drug-likeness (QED) is 0.729. The average Bonchev–Trinajstić information content (AvgIpc) is 2.70. The molecule has 0 radical (unpaired) electrons. The zero-order valence-electron chi connectivity index (χ0n) is 7.22. The maximum absolute atomic E-state index is 12.5. The molecule has 0 aliphatic rings. The fourth-order valence-electron chi connectivity index (χ4n) is 0.997. The van der Waals surface area contributed by atoms with Crippen LogP contribution in [0.3, 0.4) is 0 Å². The number of benzene rings is 1. The first kappa shape index (κ1) is 8.62. The molecule has 14 heavy (non-hydrogen) atoms. The smallest absolute Gasteiger partial charge is 0.214 e. The van der Waals surface area contributed by atoms with Gasteiger partial charge in [0.05, 0.1) is 0 Å². The minimum absolute atomic E-state index is 0.248. The van der Waals surface area contributed by atoms with Gasteiger partial charge < -0.3 is 4.52 Å². The van der Waals surface area contributed by atoms with Crippen LogP contribution >= 0.6 is 0 Å². The van der Waals surface area contributed by atoms with E-state index in [2.05, 4.69) is 14.7 Å². The third-order valence-electron chi connectivity index (χ3n) is 1.67. The summed E-state index contributed by atoms with van der Waals surface area (Å²) in [5.41, 5.74) is 0.885. The molecule has 2 aromatic rings. The summed E-state index contributed by atoms with van der Waals surface area (Å²) in [5, 5.41) is 3.60. The van der Waals surface area contributed by atoms with Crippen LogP contribution in [0.5, 0.6) is 0 Å². The van der Waals surface area contributed by atoms with E-state index in [1.54, 1.807) is 24.3 Å². The predicted octanol–water partition coefficient (Wildman–Crippen LogP) is 2.38. The third kappa shape index (κ3) is 2.04. The Bertz CT molecular complexity index is 420. The van der Waals surface area contributed by atoms with E-state index < -0.39 is 0 Å². The lowest BCUT2D eigenvalue weighted by Gasteiger charge is -1.90. The van der Waals surface area contributed by atoms with Crippen LogP contribution in [0.15, 0.2) is 35.2 Å². The van der Waals surface area contributed by atoms with Crippen molar-refractivity contribution < 1.29 is 8.91 Å². The zero-order chi connectivity index (χ0) is 9.80. The molecule has 0 unspecified atom stereocenters. The molecule has 0 saturated heterocycles. The molecule has 0 saturated carbocycles. The van der Waals surface area contributed by atoms with E-state index in [1.165, 1.54) is 18.5 Å². The number of halogens is 1. The Kier molecular flexibility index (Phi) is 2.36. The van der Waals surface area contributed by atoms with Gasteiger partial charge in [-0.1, -0.05) is 23.4 Å². The molecular formula is C10H7FN2O. The van der Waals surface area contributed by atoms with Crippen molar-refractivity contribution in [1.29, 1.82) is 0 Å². The molecule has 0 aliphatic carbocycles. The van der Waals surface area contributed by atoms with Crippen molar-refractivity contribution in [2.24, 2.45) is 0 Å². The summed E-state index contributed by atoms with van der Waals surface area (Å²) in [7, 11) is 0. The molecule has 0 bridgehead atoms. The fourth-order valence-corrected chi connectivity index (χ4v) is 0.997. The van der Waals surface area contributed by atoms with Crippen molar-refractivity contribution in [2.45, 2.75) is 0 Å². The largest absolute Gasteiger partial charge is 0.342 e. The van der Waals surface area contributed by atoms with E-state index in [0.717, 1.165) is 5.56 Å². The zero-order valence-corrected chi connectivity index (χ0v) is 7.22. The lowest BCUT2D eigenvalue weighted by atomic mass is 10.2. The van der Waals surface area contributed by atoms with Crippen LogP contribution < -0.4 is 0 Å². The average molecular weight is 190 g/mol. The summed E-state index contributed by atoms with van der Waals surface area (Å²) in [6, 6.07) is 6.14. The number of rotatable bonds is 2. The Morgan fingerprint density at radius 2 is 1.93 bits per heavy atom. The topological polar surface area (TPSA) is 38.9 Å². The van der Waals surface area contributed by atoms with Crippen LogP contribution in [0.1, 0.15) is 11.4 Å². The SMILES string of the molecule is Fc1ccc(C=Cc2ncon2)cc1. The number of nitrogens with zero attached hydrogens (tertiary/aromatic N) is 2. The van der Waals surface area contributed by atoms with Gasteiger partial charge in [0.15, 0.2) is 5.82 Å². The van der Waals surface area contributed by atoms with Crippen molar-refractivity contribution in [3.8, 4) is 0 Å². The second kappa shape index (κ2) is 3.83. The Hall–Kier alpha value is -1.97. The summed E-state index contributed by atoms with van der Waals surface area (Å²) in [6.45, 7) is 0. The van der Waals surface area contributed by atoms with Gasteiger partial charge in [0.25, 0.3) is 0 Å². The molecule has 1 heterocycles. The number of hydrogen-bond donors (Lipinski definition) is 0. The van der Waals surface area contributed by atoms with Crippen molar-refractivity contribution in [1.82, 2.24) is 10.1 Å². The monoisotopic (exact) mass is 190 g/mol. The van der Waals surface area contributed by atoms with E-state index in [9.17, 15) is 4.39 Å². The van der Waals surface area contributed by atoms with Gasteiger partial charge >= 0.3 is 0 Å². The minimum Gasteiger partial charge on any atom is -0.342 e. The Morgan fingerprint density at radius 1 is 1.14 bits per heavy atom. The third-order valence-corrected chi connectivity index (χ3v) is 1.67.